The van der Waals surface area contributed by atoms with E-state index in [4.69, 9.17) is 10.5 Å². The third kappa shape index (κ3) is 1.71. The summed E-state index contributed by atoms with van der Waals surface area (Å²) in [7, 11) is 1.62. The number of hydrogen-bond acceptors (Lipinski definition) is 4. The largest absolute Gasteiger partial charge is 0.383 e. The molecule has 0 atom stereocenters. The molecule has 0 aliphatic heterocycles. The van der Waals surface area contributed by atoms with E-state index < -0.39 is 0 Å². The molecule has 2 aromatic heterocycles. The van der Waals surface area contributed by atoms with Crippen LogP contribution in [0.15, 0.2) is 17.1 Å². The SMILES string of the molecule is COCCn1ccc2nc(N)[nH]c(=O)c21. The van der Waals surface area contributed by atoms with E-state index in [1.807, 2.05) is 0 Å². The third-order valence-corrected chi connectivity index (χ3v) is 2.18. The van der Waals surface area contributed by atoms with Crippen molar-refractivity contribution >= 4 is 17.0 Å². The quantitative estimate of drug-likeness (QED) is 0.740. The van der Waals surface area contributed by atoms with E-state index in [0.717, 1.165) is 0 Å². The Morgan fingerprint density at radius 1 is 1.67 bits per heavy atom. The first-order valence-corrected chi connectivity index (χ1v) is 4.56. The molecule has 0 amide bonds. The summed E-state index contributed by atoms with van der Waals surface area (Å²) in [4.78, 5) is 18.1. The molecule has 0 saturated heterocycles. The van der Waals surface area contributed by atoms with Gasteiger partial charge < -0.3 is 15.0 Å². The number of nitrogens with one attached hydrogen (secondary N) is 1. The lowest BCUT2D eigenvalue weighted by Crippen LogP contribution is -2.15. The van der Waals surface area contributed by atoms with Crippen LogP contribution in [-0.2, 0) is 11.3 Å². The summed E-state index contributed by atoms with van der Waals surface area (Å²) in [5.41, 5.74) is 6.34. The van der Waals surface area contributed by atoms with E-state index in [1.165, 1.54) is 0 Å². The third-order valence-electron chi connectivity index (χ3n) is 2.18. The van der Waals surface area contributed by atoms with Gasteiger partial charge in [-0.3, -0.25) is 9.78 Å². The highest BCUT2D eigenvalue weighted by molar-refractivity contribution is 5.75. The highest BCUT2D eigenvalue weighted by atomic mass is 16.5. The van der Waals surface area contributed by atoms with Gasteiger partial charge in [0, 0.05) is 19.9 Å². The van der Waals surface area contributed by atoms with Crippen molar-refractivity contribution in [3.05, 3.63) is 22.6 Å². The Hall–Kier alpha value is -1.82. The zero-order chi connectivity index (χ0) is 10.8. The number of rotatable bonds is 3. The molecule has 0 unspecified atom stereocenters. The fraction of sp³-hybridized carbons (Fsp3) is 0.333. The van der Waals surface area contributed by atoms with Crippen LogP contribution < -0.4 is 11.3 Å². The van der Waals surface area contributed by atoms with Gasteiger partial charge in [-0.05, 0) is 6.07 Å². The molecule has 0 aliphatic rings. The molecule has 6 heteroatoms. The zero-order valence-electron chi connectivity index (χ0n) is 8.36. The van der Waals surface area contributed by atoms with Crippen molar-refractivity contribution in [1.82, 2.24) is 14.5 Å². The van der Waals surface area contributed by atoms with E-state index in [9.17, 15) is 4.79 Å². The number of aromatic nitrogens is 3. The van der Waals surface area contributed by atoms with Crippen LogP contribution in [0.1, 0.15) is 0 Å². The number of nitrogen functional groups attached to an aromatic ring is 1. The Balaban J connectivity index is 2.54. The summed E-state index contributed by atoms with van der Waals surface area (Å²) in [6, 6.07) is 1.76. The van der Waals surface area contributed by atoms with Crippen LogP contribution in [0.2, 0.25) is 0 Å². The molecule has 2 heterocycles. The normalized spacial score (nSPS) is 11.0. The number of anilines is 1. The molecule has 3 N–H and O–H groups in total. The van der Waals surface area contributed by atoms with Crippen LogP contribution in [0, 0.1) is 0 Å². The van der Waals surface area contributed by atoms with E-state index >= 15 is 0 Å². The molecular weight excluding hydrogens is 196 g/mol. The van der Waals surface area contributed by atoms with Crippen molar-refractivity contribution in [2.24, 2.45) is 0 Å². The predicted molar refractivity (Wildman–Crippen MR) is 56.6 cm³/mol. The number of aromatic amines is 1. The Bertz CT molecular complexity index is 528. The van der Waals surface area contributed by atoms with Gasteiger partial charge in [0.2, 0.25) is 5.95 Å². The Labute approximate surface area is 85.7 Å². The monoisotopic (exact) mass is 208 g/mol. The second-order valence-corrected chi connectivity index (χ2v) is 3.19. The molecule has 0 radical (unpaired) electrons. The smallest absolute Gasteiger partial charge is 0.276 e. The van der Waals surface area contributed by atoms with Gasteiger partial charge in [-0.15, -0.1) is 0 Å². The van der Waals surface area contributed by atoms with Gasteiger partial charge in [0.25, 0.3) is 5.56 Å². The molecular formula is C9H12N4O2. The molecule has 0 aromatic carbocycles. The first-order valence-electron chi connectivity index (χ1n) is 4.56. The molecule has 0 saturated carbocycles. The number of hydrogen-bond donors (Lipinski definition) is 2. The first-order chi connectivity index (χ1) is 7.22. The lowest BCUT2D eigenvalue weighted by Gasteiger charge is -2.02. The van der Waals surface area contributed by atoms with Crippen LogP contribution in [-0.4, -0.2) is 28.3 Å². The maximum Gasteiger partial charge on any atom is 0.276 e. The molecule has 2 aromatic rings. The summed E-state index contributed by atoms with van der Waals surface area (Å²) >= 11 is 0. The number of H-pyrrole nitrogens is 1. The van der Waals surface area contributed by atoms with E-state index in [1.54, 1.807) is 23.9 Å². The Kier molecular flexibility index (Phi) is 2.42. The lowest BCUT2D eigenvalue weighted by atomic mass is 10.4. The first kappa shape index (κ1) is 9.72. The fourth-order valence-electron chi connectivity index (χ4n) is 1.51. The van der Waals surface area contributed by atoms with Crippen molar-refractivity contribution < 1.29 is 4.74 Å². The molecule has 0 fully saturated rings. The molecule has 80 valence electrons. The molecule has 0 aliphatic carbocycles. The highest BCUT2D eigenvalue weighted by Gasteiger charge is 2.06. The van der Waals surface area contributed by atoms with Gasteiger partial charge in [0.05, 0.1) is 12.1 Å². The standard InChI is InChI=1S/C9H12N4O2/c1-15-5-4-13-3-2-6-7(13)8(14)12-9(10)11-6/h2-3H,4-5H2,1H3,(H3,10,11,12,14). The van der Waals surface area contributed by atoms with Crippen molar-refractivity contribution in [3.8, 4) is 0 Å². The second-order valence-electron chi connectivity index (χ2n) is 3.19. The number of nitrogens with two attached hydrogens (primary N) is 1. The molecule has 15 heavy (non-hydrogen) atoms. The minimum Gasteiger partial charge on any atom is -0.383 e. The van der Waals surface area contributed by atoms with Gasteiger partial charge in [-0.1, -0.05) is 0 Å². The number of ether oxygens (including phenoxy) is 1. The Morgan fingerprint density at radius 3 is 3.20 bits per heavy atom. The van der Waals surface area contributed by atoms with E-state index in [2.05, 4.69) is 9.97 Å². The average Bonchev–Trinajstić information content (AvgIpc) is 2.58. The summed E-state index contributed by atoms with van der Waals surface area (Å²) < 4.78 is 6.75. The minimum atomic E-state index is -0.224. The number of fused-ring (bicyclic) bond motifs is 1. The zero-order valence-corrected chi connectivity index (χ0v) is 8.36. The van der Waals surface area contributed by atoms with E-state index in [0.29, 0.717) is 24.2 Å². The van der Waals surface area contributed by atoms with Gasteiger partial charge in [0.15, 0.2) is 0 Å². The summed E-state index contributed by atoms with van der Waals surface area (Å²) in [6.07, 6.45) is 1.80. The molecule has 0 bridgehead atoms. The number of nitrogens with zero attached hydrogens (tertiary/aromatic N) is 2. The van der Waals surface area contributed by atoms with Crippen LogP contribution in [0.25, 0.3) is 11.0 Å². The van der Waals surface area contributed by atoms with Crippen LogP contribution in [0.5, 0.6) is 0 Å². The summed E-state index contributed by atoms with van der Waals surface area (Å²) in [6.45, 7) is 1.17. The van der Waals surface area contributed by atoms with Gasteiger partial charge in [0.1, 0.15) is 5.52 Å². The van der Waals surface area contributed by atoms with Crippen molar-refractivity contribution in [3.63, 3.8) is 0 Å². The maximum atomic E-state index is 11.6. The van der Waals surface area contributed by atoms with Crippen molar-refractivity contribution in [2.45, 2.75) is 6.54 Å². The lowest BCUT2D eigenvalue weighted by molar-refractivity contribution is 0.188. The molecule has 0 spiro atoms. The Morgan fingerprint density at radius 2 is 2.47 bits per heavy atom. The van der Waals surface area contributed by atoms with Crippen molar-refractivity contribution in [2.75, 3.05) is 19.5 Å². The summed E-state index contributed by atoms with van der Waals surface area (Å²) in [5.74, 6) is 0.136. The topological polar surface area (TPSA) is 85.9 Å². The highest BCUT2D eigenvalue weighted by Crippen LogP contribution is 2.09. The van der Waals surface area contributed by atoms with Crippen molar-refractivity contribution in [1.29, 1.82) is 0 Å². The van der Waals surface area contributed by atoms with Crippen LogP contribution in [0.4, 0.5) is 5.95 Å². The molecule has 2 rings (SSSR count). The van der Waals surface area contributed by atoms with Gasteiger partial charge >= 0.3 is 0 Å². The van der Waals surface area contributed by atoms with Gasteiger partial charge in [-0.25, -0.2) is 4.98 Å². The van der Waals surface area contributed by atoms with E-state index in [-0.39, 0.29) is 11.5 Å². The fourth-order valence-corrected chi connectivity index (χ4v) is 1.51. The number of methoxy groups -OCH3 is 1. The van der Waals surface area contributed by atoms with Gasteiger partial charge in [-0.2, -0.15) is 0 Å². The van der Waals surface area contributed by atoms with Crippen LogP contribution >= 0.6 is 0 Å². The summed E-state index contributed by atoms with van der Waals surface area (Å²) in [5, 5.41) is 0. The average molecular weight is 208 g/mol. The maximum absolute atomic E-state index is 11.6. The van der Waals surface area contributed by atoms with Crippen LogP contribution in [0.3, 0.4) is 0 Å². The molecule has 6 nitrogen and oxygen atoms in total. The minimum absolute atomic E-state index is 0.136. The predicted octanol–water partition coefficient (Wildman–Crippen LogP) is -0.0468. The second kappa shape index (κ2) is 3.74.